The van der Waals surface area contributed by atoms with E-state index < -0.39 is 5.97 Å². The Bertz CT molecular complexity index is 1540. The van der Waals surface area contributed by atoms with Gasteiger partial charge in [-0.2, -0.15) is 0 Å². The molecule has 0 radical (unpaired) electrons. The van der Waals surface area contributed by atoms with Crippen LogP contribution in [-0.4, -0.2) is 51.5 Å². The number of benzene rings is 3. The van der Waals surface area contributed by atoms with Crippen molar-refractivity contribution in [1.29, 1.82) is 0 Å². The normalized spacial score (nSPS) is 10.7. The van der Waals surface area contributed by atoms with Crippen LogP contribution in [0.2, 0.25) is 0 Å². The first kappa shape index (κ1) is 31.3. The molecule has 2 N–H and O–H groups in total. The molecule has 4 rings (SSSR count). The summed E-state index contributed by atoms with van der Waals surface area (Å²) in [5.41, 5.74) is 3.34. The lowest BCUT2D eigenvalue weighted by atomic mass is 10.2. The van der Waals surface area contributed by atoms with Gasteiger partial charge in [0.15, 0.2) is 11.0 Å². The number of thioether (sulfide) groups is 1. The van der Waals surface area contributed by atoms with Crippen LogP contribution in [0, 0.1) is 6.92 Å². The van der Waals surface area contributed by atoms with E-state index in [4.69, 9.17) is 9.47 Å². The van der Waals surface area contributed by atoms with Crippen LogP contribution in [0.5, 0.6) is 5.75 Å². The molecule has 10 nitrogen and oxygen atoms in total. The molecule has 0 aliphatic carbocycles. The van der Waals surface area contributed by atoms with Gasteiger partial charge in [-0.1, -0.05) is 37.2 Å². The van der Waals surface area contributed by atoms with E-state index in [0.717, 1.165) is 29.8 Å². The molecule has 0 saturated carbocycles. The number of nitrogens with zero attached hydrogens (tertiary/aromatic N) is 3. The van der Waals surface area contributed by atoms with Gasteiger partial charge in [0.2, 0.25) is 5.91 Å². The van der Waals surface area contributed by atoms with Gasteiger partial charge in [0.25, 0.3) is 5.91 Å². The number of unbranched alkanes of at least 4 members (excludes halogenated alkanes) is 1. The fraction of sp³-hybridized carbons (Fsp3) is 0.281. The van der Waals surface area contributed by atoms with Crippen LogP contribution in [-0.2, 0) is 16.1 Å². The molecule has 224 valence electrons. The number of carbonyl (C=O) groups excluding carboxylic acids is 3. The highest BCUT2D eigenvalue weighted by Gasteiger charge is 2.18. The largest absolute Gasteiger partial charge is 0.494 e. The minimum absolute atomic E-state index is 0.0720. The van der Waals surface area contributed by atoms with Crippen LogP contribution in [0.4, 0.5) is 5.69 Å². The predicted octanol–water partition coefficient (Wildman–Crippen LogP) is 5.59. The van der Waals surface area contributed by atoms with E-state index in [-0.39, 0.29) is 24.1 Å². The van der Waals surface area contributed by atoms with E-state index in [1.807, 2.05) is 35.8 Å². The first-order valence-corrected chi connectivity index (χ1v) is 15.1. The Morgan fingerprint density at radius 2 is 1.67 bits per heavy atom. The lowest BCUT2D eigenvalue weighted by molar-refractivity contribution is -0.113. The fourth-order valence-electron chi connectivity index (χ4n) is 4.06. The van der Waals surface area contributed by atoms with Crippen LogP contribution in [0.3, 0.4) is 0 Å². The first-order chi connectivity index (χ1) is 20.9. The maximum absolute atomic E-state index is 12.9. The van der Waals surface area contributed by atoms with Gasteiger partial charge in [0, 0.05) is 16.9 Å². The van der Waals surface area contributed by atoms with Gasteiger partial charge in [-0.3, -0.25) is 14.2 Å². The zero-order chi connectivity index (χ0) is 30.6. The van der Waals surface area contributed by atoms with Crippen LogP contribution in [0.15, 0.2) is 78.0 Å². The average Bonchev–Trinajstić information content (AvgIpc) is 3.42. The quantitative estimate of drug-likeness (QED) is 0.109. The number of hydrogen-bond donors (Lipinski definition) is 2. The second-order valence-electron chi connectivity index (χ2n) is 9.62. The fourth-order valence-corrected chi connectivity index (χ4v) is 4.84. The van der Waals surface area contributed by atoms with E-state index in [1.54, 1.807) is 55.5 Å². The van der Waals surface area contributed by atoms with Crippen LogP contribution < -0.4 is 15.4 Å². The maximum Gasteiger partial charge on any atom is 0.338 e. The third-order valence-electron chi connectivity index (χ3n) is 6.26. The van der Waals surface area contributed by atoms with Crippen molar-refractivity contribution >= 4 is 35.2 Å². The molecule has 3 aromatic carbocycles. The molecule has 0 atom stereocenters. The number of hydrogen-bond acceptors (Lipinski definition) is 8. The SMILES string of the molecule is CCCCOc1ccc(C(=O)NCc2nnc(SCC(=O)Nc3ccc(C(=O)OCC)cc3)n2-c2cccc(C)c2)cc1. The number of carbonyl (C=O) groups is 3. The van der Waals surface area contributed by atoms with Crippen molar-refractivity contribution in [2.45, 2.75) is 45.3 Å². The van der Waals surface area contributed by atoms with Crippen LogP contribution in [0.25, 0.3) is 5.69 Å². The molecule has 0 aliphatic heterocycles. The minimum atomic E-state index is -0.413. The van der Waals surface area contributed by atoms with E-state index in [0.29, 0.717) is 41.0 Å². The highest BCUT2D eigenvalue weighted by Crippen LogP contribution is 2.23. The number of ether oxygens (including phenoxy) is 2. The zero-order valence-corrected chi connectivity index (χ0v) is 25.3. The Kier molecular flexibility index (Phi) is 11.3. The minimum Gasteiger partial charge on any atom is -0.494 e. The van der Waals surface area contributed by atoms with Crippen molar-refractivity contribution in [2.75, 3.05) is 24.3 Å². The predicted molar refractivity (Wildman–Crippen MR) is 166 cm³/mol. The average molecular weight is 602 g/mol. The molecule has 1 aromatic heterocycles. The number of nitrogens with one attached hydrogen (secondary N) is 2. The maximum atomic E-state index is 12.9. The summed E-state index contributed by atoms with van der Waals surface area (Å²) in [6.07, 6.45) is 2.02. The van der Waals surface area contributed by atoms with E-state index in [1.165, 1.54) is 11.8 Å². The Morgan fingerprint density at radius 1 is 0.930 bits per heavy atom. The summed E-state index contributed by atoms with van der Waals surface area (Å²) in [5, 5.41) is 14.9. The van der Waals surface area contributed by atoms with Crippen molar-refractivity contribution in [3.05, 3.63) is 95.3 Å². The molecule has 0 spiro atoms. The summed E-state index contributed by atoms with van der Waals surface area (Å²) in [5.74, 6) is 0.414. The summed E-state index contributed by atoms with van der Waals surface area (Å²) in [4.78, 5) is 37.5. The van der Waals surface area contributed by atoms with E-state index in [2.05, 4.69) is 27.8 Å². The van der Waals surface area contributed by atoms with Crippen molar-refractivity contribution in [2.24, 2.45) is 0 Å². The van der Waals surface area contributed by atoms with Gasteiger partial charge in [0.1, 0.15) is 5.75 Å². The van der Waals surface area contributed by atoms with Crippen molar-refractivity contribution in [1.82, 2.24) is 20.1 Å². The van der Waals surface area contributed by atoms with Crippen molar-refractivity contribution in [3.63, 3.8) is 0 Å². The summed E-state index contributed by atoms with van der Waals surface area (Å²) in [6, 6.07) is 21.4. The van der Waals surface area contributed by atoms with Crippen molar-refractivity contribution in [3.8, 4) is 11.4 Å². The number of esters is 1. The molecule has 0 aliphatic rings. The van der Waals surface area contributed by atoms with E-state index in [9.17, 15) is 14.4 Å². The molecule has 4 aromatic rings. The second-order valence-corrected chi connectivity index (χ2v) is 10.6. The van der Waals surface area contributed by atoms with Gasteiger partial charge >= 0.3 is 5.97 Å². The first-order valence-electron chi connectivity index (χ1n) is 14.1. The van der Waals surface area contributed by atoms with Gasteiger partial charge in [0.05, 0.1) is 31.1 Å². The highest BCUT2D eigenvalue weighted by atomic mass is 32.2. The summed E-state index contributed by atoms with van der Waals surface area (Å²) >= 11 is 1.23. The van der Waals surface area contributed by atoms with Crippen LogP contribution >= 0.6 is 11.8 Å². The van der Waals surface area contributed by atoms with Gasteiger partial charge in [-0.25, -0.2) is 4.79 Å². The topological polar surface area (TPSA) is 124 Å². The standard InChI is InChI=1S/C32H35N5O5S/c1-4-6-18-42-27-16-12-23(13-17-27)30(39)33-20-28-35-36-32(37(28)26-9-7-8-22(3)19-26)43-21-29(38)34-25-14-10-24(11-15-25)31(40)41-5-2/h7-17,19H,4-6,18,20-21H2,1-3H3,(H,33,39)(H,34,38). The van der Waals surface area contributed by atoms with Gasteiger partial charge in [-0.05, 0) is 86.5 Å². The van der Waals surface area contributed by atoms with Gasteiger partial charge in [-0.15, -0.1) is 10.2 Å². The Hall–Kier alpha value is -4.64. The smallest absolute Gasteiger partial charge is 0.338 e. The van der Waals surface area contributed by atoms with Gasteiger partial charge < -0.3 is 20.1 Å². The molecule has 43 heavy (non-hydrogen) atoms. The molecular formula is C32H35N5O5S. The molecule has 0 unspecified atom stereocenters. The molecule has 2 amide bonds. The highest BCUT2D eigenvalue weighted by molar-refractivity contribution is 7.99. The number of rotatable bonds is 14. The number of anilines is 1. The summed E-state index contributed by atoms with van der Waals surface area (Å²) in [7, 11) is 0. The van der Waals surface area contributed by atoms with E-state index >= 15 is 0 Å². The Morgan fingerprint density at radius 3 is 2.37 bits per heavy atom. The molecule has 11 heteroatoms. The van der Waals surface area contributed by atoms with Crippen molar-refractivity contribution < 1.29 is 23.9 Å². The molecule has 0 saturated heterocycles. The zero-order valence-electron chi connectivity index (χ0n) is 24.5. The Labute approximate surface area is 255 Å². The van der Waals surface area contributed by atoms with Crippen LogP contribution in [0.1, 0.15) is 58.8 Å². The summed E-state index contributed by atoms with van der Waals surface area (Å²) < 4.78 is 12.5. The summed E-state index contributed by atoms with van der Waals surface area (Å²) in [6.45, 7) is 6.90. The number of aromatic nitrogens is 3. The third kappa shape index (κ3) is 8.92. The number of aryl methyl sites for hydroxylation is 1. The molecular weight excluding hydrogens is 566 g/mol. The number of amides is 2. The molecule has 1 heterocycles. The lowest BCUT2D eigenvalue weighted by Crippen LogP contribution is -2.24. The molecule has 0 fully saturated rings. The second kappa shape index (κ2) is 15.5. The lowest BCUT2D eigenvalue weighted by Gasteiger charge is -2.12. The molecule has 0 bridgehead atoms. The Balaban J connectivity index is 1.41. The monoisotopic (exact) mass is 601 g/mol. The third-order valence-corrected chi connectivity index (χ3v) is 7.19.